The Kier molecular flexibility index (Phi) is 1.84. The molecule has 2 rings (SSSR count). The number of aromatic nitrogens is 1. The highest BCUT2D eigenvalue weighted by atomic mass is 16.1. The SMILES string of the molecule is NCc1cc(N)cn(C2CC2)c1=O. The van der Waals surface area contributed by atoms with Gasteiger partial charge in [-0.3, -0.25) is 4.79 Å². The Hall–Kier alpha value is -1.29. The normalized spacial score (nSPS) is 16.1. The lowest BCUT2D eigenvalue weighted by atomic mass is 10.2. The molecule has 4 N–H and O–H groups in total. The third-order valence-corrected chi connectivity index (χ3v) is 2.30. The van der Waals surface area contributed by atoms with E-state index < -0.39 is 0 Å². The molecule has 1 heterocycles. The summed E-state index contributed by atoms with van der Waals surface area (Å²) in [5.74, 6) is 0. The number of anilines is 1. The lowest BCUT2D eigenvalue weighted by molar-refractivity contribution is 0.697. The molecule has 0 aliphatic heterocycles. The Morgan fingerprint density at radius 1 is 1.54 bits per heavy atom. The van der Waals surface area contributed by atoms with E-state index in [9.17, 15) is 4.79 Å². The van der Waals surface area contributed by atoms with Gasteiger partial charge in [-0.1, -0.05) is 0 Å². The van der Waals surface area contributed by atoms with Gasteiger partial charge in [-0.15, -0.1) is 0 Å². The molecule has 4 nitrogen and oxygen atoms in total. The predicted molar refractivity (Wildman–Crippen MR) is 51.3 cm³/mol. The van der Waals surface area contributed by atoms with Crippen LogP contribution in [0.2, 0.25) is 0 Å². The van der Waals surface area contributed by atoms with E-state index >= 15 is 0 Å². The van der Waals surface area contributed by atoms with Gasteiger partial charge in [0.15, 0.2) is 0 Å². The maximum atomic E-state index is 11.7. The molecule has 0 atom stereocenters. The quantitative estimate of drug-likeness (QED) is 0.682. The van der Waals surface area contributed by atoms with Crippen molar-refractivity contribution in [1.29, 1.82) is 0 Å². The van der Waals surface area contributed by atoms with Gasteiger partial charge in [-0.25, -0.2) is 0 Å². The van der Waals surface area contributed by atoms with E-state index in [1.54, 1.807) is 16.8 Å². The van der Waals surface area contributed by atoms with Crippen LogP contribution in [0.1, 0.15) is 24.4 Å². The Balaban J connectivity index is 2.54. The monoisotopic (exact) mass is 179 g/mol. The number of nitrogen functional groups attached to an aromatic ring is 1. The summed E-state index contributed by atoms with van der Waals surface area (Å²) < 4.78 is 1.71. The van der Waals surface area contributed by atoms with Crippen LogP contribution in [-0.4, -0.2) is 4.57 Å². The highest BCUT2D eigenvalue weighted by Crippen LogP contribution is 2.33. The van der Waals surface area contributed by atoms with Gasteiger partial charge in [-0.2, -0.15) is 0 Å². The third-order valence-electron chi connectivity index (χ3n) is 2.30. The van der Waals surface area contributed by atoms with Crippen molar-refractivity contribution >= 4 is 5.69 Å². The van der Waals surface area contributed by atoms with Gasteiger partial charge in [0, 0.05) is 30.0 Å². The second kappa shape index (κ2) is 2.88. The minimum atomic E-state index is 0.0131. The van der Waals surface area contributed by atoms with Crippen molar-refractivity contribution in [3.05, 3.63) is 28.2 Å². The average molecular weight is 179 g/mol. The van der Waals surface area contributed by atoms with E-state index in [1.165, 1.54) is 0 Å². The molecule has 0 aromatic carbocycles. The average Bonchev–Trinajstić information content (AvgIpc) is 2.91. The van der Waals surface area contributed by atoms with Crippen molar-refractivity contribution < 1.29 is 0 Å². The van der Waals surface area contributed by atoms with Crippen LogP contribution in [0.25, 0.3) is 0 Å². The summed E-state index contributed by atoms with van der Waals surface area (Å²) >= 11 is 0. The fourth-order valence-corrected chi connectivity index (χ4v) is 1.46. The molecule has 0 unspecified atom stereocenters. The van der Waals surface area contributed by atoms with E-state index in [1.807, 2.05) is 0 Å². The highest BCUT2D eigenvalue weighted by molar-refractivity contribution is 5.38. The Morgan fingerprint density at radius 2 is 2.23 bits per heavy atom. The molecule has 0 saturated heterocycles. The second-order valence-corrected chi connectivity index (χ2v) is 3.45. The fourth-order valence-electron chi connectivity index (χ4n) is 1.46. The summed E-state index contributed by atoms with van der Waals surface area (Å²) in [4.78, 5) is 11.7. The summed E-state index contributed by atoms with van der Waals surface area (Å²) in [5.41, 5.74) is 12.3. The van der Waals surface area contributed by atoms with E-state index in [4.69, 9.17) is 11.5 Å². The summed E-state index contributed by atoms with van der Waals surface area (Å²) in [6.07, 6.45) is 3.86. The third kappa shape index (κ3) is 1.45. The lowest BCUT2D eigenvalue weighted by Gasteiger charge is -2.06. The van der Waals surface area contributed by atoms with Crippen LogP contribution < -0.4 is 17.0 Å². The number of nitrogens with zero attached hydrogens (tertiary/aromatic N) is 1. The molecule has 4 heteroatoms. The fraction of sp³-hybridized carbons (Fsp3) is 0.444. The molecular formula is C9H13N3O. The number of pyridine rings is 1. The number of nitrogens with two attached hydrogens (primary N) is 2. The summed E-state index contributed by atoms with van der Waals surface area (Å²) in [6, 6.07) is 2.02. The Bertz CT molecular complexity index is 379. The highest BCUT2D eigenvalue weighted by Gasteiger charge is 2.25. The van der Waals surface area contributed by atoms with Crippen LogP contribution in [0.3, 0.4) is 0 Å². The predicted octanol–water partition coefficient (Wildman–Crippen LogP) is 0.224. The first-order valence-electron chi connectivity index (χ1n) is 4.43. The molecule has 0 bridgehead atoms. The van der Waals surface area contributed by atoms with E-state index in [0.29, 0.717) is 17.3 Å². The molecule has 0 radical (unpaired) electrons. The van der Waals surface area contributed by atoms with Gasteiger partial charge in [0.2, 0.25) is 0 Å². The zero-order valence-electron chi connectivity index (χ0n) is 7.36. The van der Waals surface area contributed by atoms with Gasteiger partial charge < -0.3 is 16.0 Å². The maximum absolute atomic E-state index is 11.7. The van der Waals surface area contributed by atoms with Gasteiger partial charge in [0.05, 0.1) is 0 Å². The summed E-state index contributed by atoms with van der Waals surface area (Å²) in [5, 5.41) is 0. The molecule has 1 fully saturated rings. The first-order valence-corrected chi connectivity index (χ1v) is 4.43. The van der Waals surface area contributed by atoms with Crippen LogP contribution in [0.4, 0.5) is 5.69 Å². The van der Waals surface area contributed by atoms with Gasteiger partial charge in [0.1, 0.15) is 0 Å². The zero-order valence-corrected chi connectivity index (χ0v) is 7.36. The lowest BCUT2D eigenvalue weighted by Crippen LogP contribution is -2.24. The van der Waals surface area contributed by atoms with Crippen molar-refractivity contribution in [2.45, 2.75) is 25.4 Å². The van der Waals surface area contributed by atoms with Gasteiger partial charge >= 0.3 is 0 Å². The molecule has 70 valence electrons. The van der Waals surface area contributed by atoms with E-state index in [2.05, 4.69) is 0 Å². The summed E-state index contributed by atoms with van der Waals surface area (Å²) in [6.45, 7) is 0.261. The number of rotatable bonds is 2. The summed E-state index contributed by atoms with van der Waals surface area (Å²) in [7, 11) is 0. The first kappa shape index (κ1) is 8.31. The zero-order chi connectivity index (χ0) is 9.42. The molecule has 13 heavy (non-hydrogen) atoms. The van der Waals surface area contributed by atoms with Crippen LogP contribution in [0, 0.1) is 0 Å². The second-order valence-electron chi connectivity index (χ2n) is 3.45. The van der Waals surface area contributed by atoms with E-state index in [0.717, 1.165) is 12.8 Å². The Morgan fingerprint density at radius 3 is 2.77 bits per heavy atom. The van der Waals surface area contributed by atoms with Crippen LogP contribution in [0.5, 0.6) is 0 Å². The van der Waals surface area contributed by atoms with Gasteiger partial charge in [-0.05, 0) is 18.9 Å². The van der Waals surface area contributed by atoms with E-state index in [-0.39, 0.29) is 12.1 Å². The van der Waals surface area contributed by atoms with Crippen molar-refractivity contribution in [3.8, 4) is 0 Å². The molecule has 1 aromatic rings. The Labute approximate surface area is 76.2 Å². The van der Waals surface area contributed by atoms with Crippen molar-refractivity contribution in [3.63, 3.8) is 0 Å². The van der Waals surface area contributed by atoms with Crippen LogP contribution >= 0.6 is 0 Å². The molecule has 1 saturated carbocycles. The van der Waals surface area contributed by atoms with Crippen molar-refractivity contribution in [2.24, 2.45) is 5.73 Å². The van der Waals surface area contributed by atoms with Crippen molar-refractivity contribution in [2.75, 3.05) is 5.73 Å². The molecule has 1 aromatic heterocycles. The van der Waals surface area contributed by atoms with Crippen LogP contribution in [-0.2, 0) is 6.54 Å². The maximum Gasteiger partial charge on any atom is 0.255 e. The van der Waals surface area contributed by atoms with Crippen molar-refractivity contribution in [1.82, 2.24) is 4.57 Å². The first-order chi connectivity index (χ1) is 6.22. The minimum Gasteiger partial charge on any atom is -0.398 e. The molecule has 0 spiro atoms. The molecule has 1 aliphatic rings. The molecule has 1 aliphatic carbocycles. The topological polar surface area (TPSA) is 74.0 Å². The number of hydrogen-bond donors (Lipinski definition) is 2. The van der Waals surface area contributed by atoms with Crippen LogP contribution in [0.15, 0.2) is 17.1 Å². The minimum absolute atomic E-state index is 0.0131. The largest absolute Gasteiger partial charge is 0.398 e. The molecule has 0 amide bonds. The standard InChI is InChI=1S/C9H13N3O/c10-4-6-3-7(11)5-12(9(6)13)8-1-2-8/h3,5,8H,1-2,4,10-11H2. The number of hydrogen-bond acceptors (Lipinski definition) is 3. The van der Waals surface area contributed by atoms with Gasteiger partial charge in [0.25, 0.3) is 5.56 Å². The smallest absolute Gasteiger partial charge is 0.255 e. The molecular weight excluding hydrogens is 166 g/mol.